The summed E-state index contributed by atoms with van der Waals surface area (Å²) in [5, 5.41) is 4.25. The number of nitrogens with zero attached hydrogens (tertiary/aromatic N) is 3. The van der Waals surface area contributed by atoms with Gasteiger partial charge in [0, 0.05) is 6.07 Å². The lowest BCUT2D eigenvalue weighted by atomic mass is 10.2. The average Bonchev–Trinajstić information content (AvgIpc) is 3.12. The molecule has 2 heterocycles. The van der Waals surface area contributed by atoms with Gasteiger partial charge in [0.1, 0.15) is 17.2 Å². The van der Waals surface area contributed by atoms with Crippen molar-refractivity contribution in [3.63, 3.8) is 0 Å². The Kier molecular flexibility index (Phi) is 4.49. The summed E-state index contributed by atoms with van der Waals surface area (Å²) in [7, 11) is 2.69. The third-order valence-corrected chi connectivity index (χ3v) is 4.64. The van der Waals surface area contributed by atoms with Crippen LogP contribution in [0.15, 0.2) is 24.5 Å². The fourth-order valence-electron chi connectivity index (χ4n) is 2.30. The summed E-state index contributed by atoms with van der Waals surface area (Å²) in [6.07, 6.45) is 1.28. The number of ether oxygens (including phenoxy) is 2. The van der Waals surface area contributed by atoms with Crippen molar-refractivity contribution in [2.75, 3.05) is 14.2 Å². The van der Waals surface area contributed by atoms with Crippen LogP contribution in [0, 0.1) is 18.6 Å². The normalized spacial score (nSPS) is 11.8. The number of thiazole rings is 1. The lowest BCUT2D eigenvalue weighted by Crippen LogP contribution is -2.05. The van der Waals surface area contributed by atoms with E-state index in [1.165, 1.54) is 42.4 Å². The molecule has 0 saturated carbocycles. The van der Waals surface area contributed by atoms with Crippen LogP contribution < -0.4 is 0 Å². The third-order valence-electron chi connectivity index (χ3n) is 3.47. The second kappa shape index (κ2) is 6.60. The van der Waals surface area contributed by atoms with Crippen LogP contribution in [0.5, 0.6) is 0 Å². The number of esters is 1. The van der Waals surface area contributed by atoms with E-state index < -0.39 is 17.6 Å². The van der Waals surface area contributed by atoms with Crippen LogP contribution in [-0.2, 0) is 14.3 Å². The number of benzene rings is 1. The van der Waals surface area contributed by atoms with Gasteiger partial charge >= 0.3 is 5.97 Å². The minimum Gasteiger partial charge on any atom is -0.503 e. The Hall–Kier alpha value is -2.81. The maximum atomic E-state index is 13.9. The molecule has 0 fully saturated rings. The Morgan fingerprint density at radius 3 is 2.68 bits per heavy atom. The standard InChI is InChI=1S/C16H13F2N3O3S/c1-8-13(11(7-23-2)15(22)24-3)25-16-19-14(20-21(8)16)10-5-4-9(17)6-12(10)18/h4-7H,1-3H3. The number of hydrogen-bond donors (Lipinski definition) is 0. The molecule has 2 aromatic heterocycles. The van der Waals surface area contributed by atoms with Crippen LogP contribution in [0.25, 0.3) is 21.9 Å². The number of fused-ring (bicyclic) bond motifs is 1. The van der Waals surface area contributed by atoms with Crippen LogP contribution in [0.4, 0.5) is 8.78 Å². The number of aromatic nitrogens is 3. The molecule has 25 heavy (non-hydrogen) atoms. The Balaban J connectivity index is 2.10. The van der Waals surface area contributed by atoms with Gasteiger partial charge in [0.25, 0.3) is 0 Å². The lowest BCUT2D eigenvalue weighted by molar-refractivity contribution is -0.133. The fraction of sp³-hybridized carbons (Fsp3) is 0.188. The number of aryl methyl sites for hydroxylation is 1. The molecule has 0 bridgehead atoms. The van der Waals surface area contributed by atoms with E-state index in [-0.39, 0.29) is 17.0 Å². The quantitative estimate of drug-likeness (QED) is 0.404. The van der Waals surface area contributed by atoms with E-state index in [2.05, 4.69) is 10.1 Å². The van der Waals surface area contributed by atoms with Gasteiger partial charge in [-0.25, -0.2) is 18.1 Å². The van der Waals surface area contributed by atoms with Crippen LogP contribution in [0.2, 0.25) is 0 Å². The number of carbonyl (C=O) groups excluding carboxylic acids is 1. The largest absolute Gasteiger partial charge is 0.503 e. The minimum atomic E-state index is -0.745. The van der Waals surface area contributed by atoms with E-state index in [1.807, 2.05) is 0 Å². The van der Waals surface area contributed by atoms with E-state index >= 15 is 0 Å². The van der Waals surface area contributed by atoms with Gasteiger partial charge in [0.2, 0.25) is 4.96 Å². The Morgan fingerprint density at radius 1 is 1.32 bits per heavy atom. The molecule has 0 spiro atoms. The van der Waals surface area contributed by atoms with Crippen LogP contribution in [0.3, 0.4) is 0 Å². The second-order valence-corrected chi connectivity index (χ2v) is 6.01. The number of halogens is 2. The molecule has 0 radical (unpaired) electrons. The van der Waals surface area contributed by atoms with Gasteiger partial charge in [-0.2, -0.15) is 4.98 Å². The Morgan fingerprint density at radius 2 is 2.08 bits per heavy atom. The number of methoxy groups -OCH3 is 2. The first-order valence-corrected chi connectivity index (χ1v) is 7.91. The highest BCUT2D eigenvalue weighted by Gasteiger charge is 2.23. The summed E-state index contributed by atoms with van der Waals surface area (Å²) in [4.78, 5) is 17.2. The molecule has 0 aliphatic rings. The highest BCUT2D eigenvalue weighted by molar-refractivity contribution is 7.18. The van der Waals surface area contributed by atoms with Crippen molar-refractivity contribution in [2.45, 2.75) is 6.92 Å². The molecule has 0 saturated heterocycles. The summed E-state index contributed by atoms with van der Waals surface area (Å²) in [6.45, 7) is 1.74. The van der Waals surface area contributed by atoms with Gasteiger partial charge in [-0.3, -0.25) is 0 Å². The van der Waals surface area contributed by atoms with E-state index in [0.29, 0.717) is 15.5 Å². The van der Waals surface area contributed by atoms with E-state index in [4.69, 9.17) is 9.47 Å². The molecular weight excluding hydrogens is 352 g/mol. The molecule has 3 rings (SSSR count). The van der Waals surface area contributed by atoms with Crippen LogP contribution >= 0.6 is 11.3 Å². The molecule has 0 N–H and O–H groups in total. The van der Waals surface area contributed by atoms with Crippen molar-refractivity contribution in [1.82, 2.24) is 14.6 Å². The lowest BCUT2D eigenvalue weighted by Gasteiger charge is -2.03. The fourth-order valence-corrected chi connectivity index (χ4v) is 3.36. The summed E-state index contributed by atoms with van der Waals surface area (Å²) in [5.74, 6) is -1.84. The molecule has 0 aliphatic heterocycles. The molecule has 9 heteroatoms. The first kappa shape index (κ1) is 17.0. The molecular formula is C16H13F2N3O3S. The van der Waals surface area contributed by atoms with Gasteiger partial charge in [-0.15, -0.1) is 5.10 Å². The van der Waals surface area contributed by atoms with Crippen molar-refractivity contribution in [3.05, 3.63) is 46.7 Å². The number of rotatable bonds is 4. The summed E-state index contributed by atoms with van der Waals surface area (Å²) >= 11 is 1.18. The van der Waals surface area contributed by atoms with Crippen LogP contribution in [-0.4, -0.2) is 34.8 Å². The summed E-state index contributed by atoms with van der Waals surface area (Å²) in [5.41, 5.74) is 0.947. The first-order chi connectivity index (χ1) is 12.0. The smallest absolute Gasteiger partial charge is 0.342 e. The molecule has 0 amide bonds. The Labute approximate surface area is 145 Å². The molecule has 1 aromatic carbocycles. The molecule has 130 valence electrons. The molecule has 6 nitrogen and oxygen atoms in total. The second-order valence-electron chi connectivity index (χ2n) is 5.03. The monoisotopic (exact) mass is 365 g/mol. The van der Waals surface area contributed by atoms with Gasteiger partial charge in [0.15, 0.2) is 5.82 Å². The minimum absolute atomic E-state index is 0.0962. The predicted octanol–water partition coefficient (Wildman–Crippen LogP) is 3.20. The van der Waals surface area contributed by atoms with E-state index in [9.17, 15) is 13.6 Å². The van der Waals surface area contributed by atoms with Crippen LogP contribution in [0.1, 0.15) is 10.6 Å². The highest BCUT2D eigenvalue weighted by Crippen LogP contribution is 2.31. The zero-order valence-electron chi connectivity index (χ0n) is 13.5. The molecule has 0 aliphatic carbocycles. The van der Waals surface area contributed by atoms with E-state index in [0.717, 1.165) is 12.1 Å². The predicted molar refractivity (Wildman–Crippen MR) is 88.0 cm³/mol. The Bertz CT molecular complexity index is 994. The number of carbonyl (C=O) groups is 1. The average molecular weight is 365 g/mol. The van der Waals surface area contributed by atoms with Gasteiger partial charge in [-0.1, -0.05) is 11.3 Å². The number of hydrogen-bond acceptors (Lipinski definition) is 6. The summed E-state index contributed by atoms with van der Waals surface area (Å²) < 4.78 is 38.1. The van der Waals surface area contributed by atoms with Gasteiger partial charge < -0.3 is 9.47 Å². The zero-order chi connectivity index (χ0) is 18.1. The molecule has 0 atom stereocenters. The molecule has 3 aromatic rings. The highest BCUT2D eigenvalue weighted by atomic mass is 32.1. The van der Waals surface area contributed by atoms with Gasteiger partial charge in [0.05, 0.1) is 36.6 Å². The van der Waals surface area contributed by atoms with Crippen molar-refractivity contribution >= 4 is 27.8 Å². The zero-order valence-corrected chi connectivity index (χ0v) is 14.4. The maximum absolute atomic E-state index is 13.9. The maximum Gasteiger partial charge on any atom is 0.342 e. The van der Waals surface area contributed by atoms with Crippen molar-refractivity contribution in [1.29, 1.82) is 0 Å². The third kappa shape index (κ3) is 2.98. The topological polar surface area (TPSA) is 65.7 Å². The van der Waals surface area contributed by atoms with Crippen molar-refractivity contribution < 1.29 is 23.0 Å². The van der Waals surface area contributed by atoms with Crippen molar-refractivity contribution in [2.24, 2.45) is 0 Å². The molecule has 0 unspecified atom stereocenters. The van der Waals surface area contributed by atoms with Crippen molar-refractivity contribution in [3.8, 4) is 11.4 Å². The van der Waals surface area contributed by atoms with Gasteiger partial charge in [-0.05, 0) is 19.1 Å². The first-order valence-electron chi connectivity index (χ1n) is 7.09. The van der Waals surface area contributed by atoms with E-state index in [1.54, 1.807) is 6.92 Å². The summed E-state index contributed by atoms with van der Waals surface area (Å²) in [6, 6.07) is 3.20. The SMILES string of the molecule is COC=C(C(=O)OC)c1sc2nc(-c3ccc(F)cc3F)nn2c1C.